The number of rotatable bonds is 5. The number of methoxy groups -OCH3 is 1. The maximum absolute atomic E-state index is 5.34. The smallest absolute Gasteiger partial charge is 0.143 e. The Bertz CT molecular complexity index is 1300. The predicted molar refractivity (Wildman–Crippen MR) is 125 cm³/mol. The molecule has 5 aromatic rings. The van der Waals surface area contributed by atoms with Crippen LogP contribution in [0.25, 0.3) is 32.5 Å². The van der Waals surface area contributed by atoms with Crippen LogP contribution in [0.1, 0.15) is 0 Å². The van der Waals surface area contributed by atoms with Crippen LogP contribution in [0.4, 0.5) is 11.5 Å². The minimum absolute atomic E-state index is 0.789. The summed E-state index contributed by atoms with van der Waals surface area (Å²) in [5.41, 5.74) is 5.60. The molecule has 5 rings (SSSR count). The summed E-state index contributed by atoms with van der Waals surface area (Å²) in [5.74, 6) is 1.59. The van der Waals surface area contributed by atoms with Crippen LogP contribution in [-0.4, -0.2) is 17.1 Å². The van der Waals surface area contributed by atoms with Gasteiger partial charge in [0.15, 0.2) is 0 Å². The van der Waals surface area contributed by atoms with E-state index in [4.69, 9.17) is 4.74 Å². The Labute approximate surface area is 178 Å². The van der Waals surface area contributed by atoms with Crippen molar-refractivity contribution in [2.24, 2.45) is 0 Å². The lowest BCUT2D eigenvalue weighted by atomic mass is 10.0. The Morgan fingerprint density at radius 3 is 2.37 bits per heavy atom. The van der Waals surface area contributed by atoms with Crippen molar-refractivity contribution in [3.8, 4) is 28.0 Å². The first kappa shape index (κ1) is 18.3. The van der Waals surface area contributed by atoms with Gasteiger partial charge in [0.1, 0.15) is 22.7 Å². The number of thiophene rings is 1. The molecule has 0 fully saturated rings. The van der Waals surface area contributed by atoms with E-state index >= 15 is 0 Å². The van der Waals surface area contributed by atoms with Crippen molar-refractivity contribution < 1.29 is 4.74 Å². The lowest BCUT2D eigenvalue weighted by Crippen LogP contribution is -1.96. The molecule has 0 amide bonds. The van der Waals surface area contributed by atoms with E-state index in [9.17, 15) is 0 Å². The Morgan fingerprint density at radius 2 is 1.57 bits per heavy atom. The molecule has 2 heterocycles. The van der Waals surface area contributed by atoms with Crippen LogP contribution < -0.4 is 10.1 Å². The first-order chi connectivity index (χ1) is 14.8. The van der Waals surface area contributed by atoms with Crippen molar-refractivity contribution in [2.45, 2.75) is 0 Å². The highest BCUT2D eigenvalue weighted by molar-refractivity contribution is 7.17. The molecule has 0 aliphatic carbocycles. The number of hydrogen-bond acceptors (Lipinski definition) is 5. The average molecular weight is 410 g/mol. The van der Waals surface area contributed by atoms with E-state index in [-0.39, 0.29) is 0 Å². The van der Waals surface area contributed by atoms with Gasteiger partial charge in [-0.2, -0.15) is 0 Å². The van der Waals surface area contributed by atoms with E-state index in [1.54, 1.807) is 24.8 Å². The van der Waals surface area contributed by atoms with E-state index in [1.165, 1.54) is 11.1 Å². The molecule has 0 radical (unpaired) electrons. The number of nitrogens with one attached hydrogen (secondary N) is 1. The fraction of sp³-hybridized carbons (Fsp3) is 0.0400. The Hall–Kier alpha value is -3.70. The number of ether oxygens (including phenoxy) is 1. The molecular weight excluding hydrogens is 390 g/mol. The Balaban J connectivity index is 1.54. The summed E-state index contributed by atoms with van der Waals surface area (Å²) in [4.78, 5) is 9.95. The molecule has 1 N–H and O–H groups in total. The quantitative estimate of drug-likeness (QED) is 0.348. The van der Waals surface area contributed by atoms with E-state index in [2.05, 4.69) is 69.2 Å². The third-order valence-corrected chi connectivity index (χ3v) is 5.89. The molecule has 30 heavy (non-hydrogen) atoms. The molecule has 0 aliphatic heterocycles. The van der Waals surface area contributed by atoms with Gasteiger partial charge in [0.2, 0.25) is 0 Å². The maximum atomic E-state index is 5.34. The van der Waals surface area contributed by atoms with Gasteiger partial charge in [0.05, 0.1) is 12.5 Å². The fourth-order valence-electron chi connectivity index (χ4n) is 3.49. The lowest BCUT2D eigenvalue weighted by molar-refractivity contribution is 0.415. The van der Waals surface area contributed by atoms with Gasteiger partial charge >= 0.3 is 0 Å². The molecule has 0 saturated heterocycles. The van der Waals surface area contributed by atoms with Crippen LogP contribution in [-0.2, 0) is 0 Å². The van der Waals surface area contributed by atoms with E-state index < -0.39 is 0 Å². The van der Waals surface area contributed by atoms with Crippen molar-refractivity contribution in [1.29, 1.82) is 0 Å². The van der Waals surface area contributed by atoms with Gasteiger partial charge in [0, 0.05) is 22.7 Å². The number of hydrogen-bond donors (Lipinski definition) is 1. The summed E-state index contributed by atoms with van der Waals surface area (Å²) in [6, 6.07) is 26.9. The zero-order chi connectivity index (χ0) is 20.3. The maximum Gasteiger partial charge on any atom is 0.143 e. The zero-order valence-corrected chi connectivity index (χ0v) is 17.2. The fourth-order valence-corrected chi connectivity index (χ4v) is 4.41. The van der Waals surface area contributed by atoms with Crippen molar-refractivity contribution in [3.05, 3.63) is 90.6 Å². The summed E-state index contributed by atoms with van der Waals surface area (Å²) in [5, 5.41) is 6.60. The van der Waals surface area contributed by atoms with Gasteiger partial charge in [-0.1, -0.05) is 60.7 Å². The molecule has 2 aromatic heterocycles. The second kappa shape index (κ2) is 7.97. The molecule has 0 bridgehead atoms. The molecule has 0 aliphatic rings. The van der Waals surface area contributed by atoms with Crippen LogP contribution in [0.2, 0.25) is 0 Å². The van der Waals surface area contributed by atoms with Gasteiger partial charge in [-0.25, -0.2) is 9.97 Å². The van der Waals surface area contributed by atoms with Gasteiger partial charge in [-0.3, -0.25) is 0 Å². The van der Waals surface area contributed by atoms with Crippen molar-refractivity contribution >= 4 is 33.1 Å². The molecule has 0 spiro atoms. The summed E-state index contributed by atoms with van der Waals surface area (Å²) in [6.45, 7) is 0. The molecule has 146 valence electrons. The lowest BCUT2D eigenvalue weighted by Gasteiger charge is -2.10. The highest BCUT2D eigenvalue weighted by atomic mass is 32.1. The van der Waals surface area contributed by atoms with Crippen molar-refractivity contribution in [2.75, 3.05) is 12.4 Å². The van der Waals surface area contributed by atoms with Crippen LogP contribution in [0.3, 0.4) is 0 Å². The number of benzene rings is 3. The summed E-state index contributed by atoms with van der Waals surface area (Å²) in [7, 11) is 1.66. The zero-order valence-electron chi connectivity index (χ0n) is 16.4. The first-order valence-corrected chi connectivity index (χ1v) is 10.5. The summed E-state index contributed by atoms with van der Waals surface area (Å²) in [6.07, 6.45) is 1.60. The number of anilines is 2. The molecule has 0 atom stereocenters. The standard InChI is InChI=1S/C25H19N3OS/c1-29-21-9-5-8-20(14-21)28-24-23-22(15-30-25(23)27-16-26-24)19-12-10-18(11-13-19)17-6-3-2-4-7-17/h2-16H,1H3,(H,26,27,28). The van der Waals surface area contributed by atoms with Gasteiger partial charge < -0.3 is 10.1 Å². The van der Waals surface area contributed by atoms with Crippen molar-refractivity contribution in [3.63, 3.8) is 0 Å². The number of nitrogens with zero attached hydrogens (tertiary/aromatic N) is 2. The Morgan fingerprint density at radius 1 is 0.800 bits per heavy atom. The van der Waals surface area contributed by atoms with E-state index in [0.717, 1.165) is 38.6 Å². The van der Waals surface area contributed by atoms with E-state index in [0.29, 0.717) is 0 Å². The second-order valence-corrected chi connectivity index (χ2v) is 7.71. The van der Waals surface area contributed by atoms with Gasteiger partial charge in [-0.05, 0) is 28.8 Å². The molecular formula is C25H19N3OS. The second-order valence-electron chi connectivity index (χ2n) is 6.85. The largest absolute Gasteiger partial charge is 0.497 e. The minimum Gasteiger partial charge on any atom is -0.497 e. The normalized spacial score (nSPS) is 10.8. The van der Waals surface area contributed by atoms with Crippen LogP contribution in [0, 0.1) is 0 Å². The third kappa shape index (κ3) is 3.51. The topological polar surface area (TPSA) is 47.0 Å². The van der Waals surface area contributed by atoms with Crippen molar-refractivity contribution in [1.82, 2.24) is 9.97 Å². The van der Waals surface area contributed by atoms with E-state index in [1.807, 2.05) is 30.3 Å². The highest BCUT2D eigenvalue weighted by Gasteiger charge is 2.14. The number of fused-ring (bicyclic) bond motifs is 1. The van der Waals surface area contributed by atoms with Gasteiger partial charge in [-0.15, -0.1) is 11.3 Å². The minimum atomic E-state index is 0.789. The molecule has 4 nitrogen and oxygen atoms in total. The highest BCUT2D eigenvalue weighted by Crippen LogP contribution is 2.38. The van der Waals surface area contributed by atoms with Crippen LogP contribution >= 0.6 is 11.3 Å². The average Bonchev–Trinajstić information content (AvgIpc) is 3.25. The Kier molecular flexibility index (Phi) is 4.87. The van der Waals surface area contributed by atoms with Gasteiger partial charge in [0.25, 0.3) is 0 Å². The summed E-state index contributed by atoms with van der Waals surface area (Å²) >= 11 is 1.63. The molecule has 3 aromatic carbocycles. The predicted octanol–water partition coefficient (Wildman–Crippen LogP) is 6.78. The molecule has 0 unspecified atom stereocenters. The summed E-state index contributed by atoms with van der Waals surface area (Å²) < 4.78 is 5.34. The number of aromatic nitrogens is 2. The third-order valence-electron chi connectivity index (χ3n) is 5.01. The monoisotopic (exact) mass is 409 g/mol. The van der Waals surface area contributed by atoms with Crippen LogP contribution in [0.15, 0.2) is 90.6 Å². The molecule has 5 heteroatoms. The molecule has 0 saturated carbocycles. The SMILES string of the molecule is COc1cccc(Nc2ncnc3scc(-c4ccc(-c5ccccc5)cc4)c23)c1. The van der Waals surface area contributed by atoms with Crippen LogP contribution in [0.5, 0.6) is 5.75 Å². The first-order valence-electron chi connectivity index (χ1n) is 9.61.